The first-order valence-electron chi connectivity index (χ1n) is 32.5. The Morgan fingerprint density at radius 1 is 0.323 bits per heavy atom. The highest BCUT2D eigenvalue weighted by Crippen LogP contribution is 2.29. The number of hydrogen-bond acceptors (Lipinski definition) is 16. The number of aryl methyl sites for hydroxylation is 3. The van der Waals surface area contributed by atoms with Gasteiger partial charge in [-0.25, -0.2) is 19.9 Å². The lowest BCUT2D eigenvalue weighted by atomic mass is 10.0. The molecule has 20 nitrogen and oxygen atoms in total. The van der Waals surface area contributed by atoms with Gasteiger partial charge in [0.1, 0.15) is 22.6 Å². The summed E-state index contributed by atoms with van der Waals surface area (Å²) in [6.45, 7) is 16.5. The van der Waals surface area contributed by atoms with E-state index in [1.807, 2.05) is 195 Å². The third kappa shape index (κ3) is 15.4. The minimum atomic E-state index is 0.0167. The largest absolute Gasteiger partial charge is 0.306 e. The fourth-order valence-corrected chi connectivity index (χ4v) is 11.9. The molecule has 0 unspecified atom stereocenters. The van der Waals surface area contributed by atoms with Gasteiger partial charge in [0.2, 0.25) is 0 Å². The molecule has 12 aromatic heterocycles. The Morgan fingerprint density at radius 3 is 0.818 bits per heavy atom. The van der Waals surface area contributed by atoms with Crippen LogP contribution in [0.25, 0.3) is 44.9 Å². The predicted octanol–water partition coefficient (Wildman–Crippen LogP) is 13.0. The Labute approximate surface area is 571 Å². The van der Waals surface area contributed by atoms with Gasteiger partial charge in [-0.3, -0.25) is 59.1 Å². The number of Topliss-reactive ketones (excluding diaryl/α,β-unsaturated/α-hetero) is 4. The average molecular weight is 1310 g/mol. The summed E-state index contributed by atoms with van der Waals surface area (Å²) in [7, 11) is 0. The number of pyridine rings is 8. The summed E-state index contributed by atoms with van der Waals surface area (Å²) in [6, 6.07) is 24.9. The average Bonchev–Trinajstić information content (AvgIpc) is 1.79. The van der Waals surface area contributed by atoms with E-state index in [0.717, 1.165) is 107 Å². The molecule has 0 aliphatic carbocycles. The van der Waals surface area contributed by atoms with Crippen LogP contribution in [0.3, 0.4) is 0 Å². The molecule has 16 heterocycles. The van der Waals surface area contributed by atoms with Crippen molar-refractivity contribution in [2.45, 2.75) is 74.1 Å². The first-order valence-corrected chi connectivity index (χ1v) is 32.5. The van der Waals surface area contributed by atoms with Crippen LogP contribution in [0, 0.1) is 20.8 Å². The molecule has 16 rings (SSSR count). The second kappa shape index (κ2) is 28.9. The second-order valence-electron chi connectivity index (χ2n) is 24.9. The smallest absolute Gasteiger partial charge is 0.172 e. The zero-order chi connectivity index (χ0) is 68.7. The molecule has 0 saturated carbocycles. The summed E-state index contributed by atoms with van der Waals surface area (Å²) in [4.78, 5) is 104. The zero-order valence-electron chi connectivity index (χ0n) is 56.0. The van der Waals surface area contributed by atoms with Crippen molar-refractivity contribution >= 4 is 90.9 Å². The minimum Gasteiger partial charge on any atom is -0.306 e. The van der Waals surface area contributed by atoms with Crippen molar-refractivity contribution in [1.29, 1.82) is 0 Å². The maximum atomic E-state index is 12.9. The molecule has 0 amide bonds. The van der Waals surface area contributed by atoms with Gasteiger partial charge < -0.3 is 17.6 Å². The molecule has 0 radical (unpaired) electrons. The molecular formula is C79H70N16O4. The molecule has 4 aliphatic heterocycles. The van der Waals surface area contributed by atoms with Crippen molar-refractivity contribution < 1.29 is 19.2 Å². The zero-order valence-corrected chi connectivity index (χ0v) is 56.0. The summed E-state index contributed by atoms with van der Waals surface area (Å²) < 4.78 is 7.61. The fourth-order valence-electron chi connectivity index (χ4n) is 11.9. The summed E-state index contributed by atoms with van der Waals surface area (Å²) in [5, 5.41) is 0. The molecule has 0 spiro atoms. The number of carbonyl (C=O) groups excluding carboxylic acids is 4. The quantitative estimate of drug-likeness (QED) is 0.0821. The molecule has 99 heavy (non-hydrogen) atoms. The Hall–Kier alpha value is -12.3. The number of imidazole rings is 4. The predicted molar refractivity (Wildman–Crippen MR) is 388 cm³/mol. The number of fused-ring (bicyclic) bond motifs is 4. The number of rotatable bonds is 16. The van der Waals surface area contributed by atoms with Gasteiger partial charge in [-0.05, 0) is 189 Å². The highest BCUT2D eigenvalue weighted by molar-refractivity contribution is 6.09. The molecule has 4 aliphatic rings. The molecule has 0 fully saturated rings. The molecule has 0 N–H and O–H groups in total. The number of carbonyl (C=O) groups is 4. The van der Waals surface area contributed by atoms with Crippen LogP contribution in [0.5, 0.6) is 0 Å². The third-order valence-corrected chi connectivity index (χ3v) is 17.2. The lowest BCUT2D eigenvalue weighted by molar-refractivity contribution is 0.0984. The first kappa shape index (κ1) is 65.3. The maximum absolute atomic E-state index is 12.9. The molecule has 0 atom stereocenters. The van der Waals surface area contributed by atoms with Gasteiger partial charge in [-0.1, -0.05) is 24.3 Å². The number of allylic oxidation sites excluding steroid dienone is 4. The highest BCUT2D eigenvalue weighted by atomic mass is 16.1. The monoisotopic (exact) mass is 1310 g/mol. The van der Waals surface area contributed by atoms with Crippen LogP contribution in [-0.2, 0) is 25.7 Å². The number of ketones is 4. The Bertz CT molecular complexity index is 5000. The topological polar surface area (TPSA) is 238 Å². The van der Waals surface area contributed by atoms with Crippen molar-refractivity contribution in [2.24, 2.45) is 20.0 Å². The molecule has 20 heteroatoms. The van der Waals surface area contributed by atoms with Crippen LogP contribution in [-0.4, -0.2) is 130 Å². The van der Waals surface area contributed by atoms with Crippen LogP contribution < -0.4 is 0 Å². The van der Waals surface area contributed by atoms with Gasteiger partial charge in [0.15, 0.2) is 23.1 Å². The van der Waals surface area contributed by atoms with E-state index in [4.69, 9.17) is 0 Å². The van der Waals surface area contributed by atoms with Crippen LogP contribution in [0.1, 0.15) is 131 Å². The van der Waals surface area contributed by atoms with Crippen LogP contribution >= 0.6 is 0 Å². The van der Waals surface area contributed by atoms with Gasteiger partial charge in [0, 0.05) is 145 Å². The third-order valence-electron chi connectivity index (χ3n) is 17.2. The summed E-state index contributed by atoms with van der Waals surface area (Å²) in [6.07, 6.45) is 38.7. The number of aliphatic imine (C=N–C) groups is 4. The van der Waals surface area contributed by atoms with E-state index in [1.54, 1.807) is 49.6 Å². The van der Waals surface area contributed by atoms with Crippen LogP contribution in [0.2, 0.25) is 0 Å². The molecule has 0 bridgehead atoms. The molecular weight excluding hydrogens is 1240 g/mol. The Kier molecular flexibility index (Phi) is 19.1. The Morgan fingerprint density at radius 2 is 0.596 bits per heavy atom. The lowest BCUT2D eigenvalue weighted by Crippen LogP contribution is -2.08. The van der Waals surface area contributed by atoms with E-state index in [-0.39, 0.29) is 48.8 Å². The number of aromatic nitrogens is 12. The van der Waals surface area contributed by atoms with Crippen molar-refractivity contribution in [3.63, 3.8) is 0 Å². The van der Waals surface area contributed by atoms with Crippen molar-refractivity contribution in [1.82, 2.24) is 57.5 Å². The summed E-state index contributed by atoms with van der Waals surface area (Å²) in [5.74, 6) is 0.0740. The molecule has 12 aromatic rings. The van der Waals surface area contributed by atoms with E-state index >= 15 is 0 Å². The highest BCUT2D eigenvalue weighted by Gasteiger charge is 2.23. The van der Waals surface area contributed by atoms with Crippen molar-refractivity contribution in [3.8, 4) is 0 Å². The molecule has 490 valence electrons. The van der Waals surface area contributed by atoms with E-state index in [0.29, 0.717) is 71.0 Å². The van der Waals surface area contributed by atoms with Gasteiger partial charge in [-0.2, -0.15) is 0 Å². The van der Waals surface area contributed by atoms with Crippen molar-refractivity contribution in [3.05, 3.63) is 286 Å². The van der Waals surface area contributed by atoms with E-state index in [2.05, 4.69) is 84.1 Å². The van der Waals surface area contributed by atoms with Gasteiger partial charge in [-0.15, -0.1) is 0 Å². The van der Waals surface area contributed by atoms with Gasteiger partial charge in [0.25, 0.3) is 0 Å². The summed E-state index contributed by atoms with van der Waals surface area (Å²) in [5.41, 5.74) is 24.1. The van der Waals surface area contributed by atoms with Gasteiger partial charge >= 0.3 is 0 Å². The minimum absolute atomic E-state index is 0.0167. The summed E-state index contributed by atoms with van der Waals surface area (Å²) >= 11 is 0. The fraction of sp³-hybridized carbons (Fsp3) is 0.190. The van der Waals surface area contributed by atoms with Gasteiger partial charge in [0.05, 0.1) is 74.1 Å². The van der Waals surface area contributed by atoms with Crippen LogP contribution in [0.4, 0.5) is 0 Å². The SMILES string of the molecule is CC1=NCC(c2cc(C(=O)Cc3ccc(C)cn3)c3nccn3c2)=C1.CC1=NCC(c2cc(C(=O)Cc3ccc(C)cn3)c3nccn3c2)=C1.CC1=NCC(c2cc(C(=O)Cc3ccc(C)cn3)c3nccn3c2)=C1.CC1=NCC(c2cc(C(=O)Cc3ccccn3)c3nccn3c2)=C1. The van der Waals surface area contributed by atoms with E-state index in [9.17, 15) is 19.2 Å². The molecule has 0 saturated heterocycles. The normalized spacial score (nSPS) is 13.8. The second-order valence-corrected chi connectivity index (χ2v) is 24.9. The number of hydrogen-bond donors (Lipinski definition) is 0. The molecule has 0 aromatic carbocycles. The Balaban J connectivity index is 0.000000119. The standard InChI is InChI=1S/3C20H18N4O.C19H16N4O/c3*1-13-3-4-17(23-10-13)9-19(25)18-8-16(15-7-14(2)22-11-15)12-24-6-5-21-20(18)24;1-13-8-14(11-22-13)15-9-17(19-21-6-7-23(19)12-15)18(24)10-16-4-2-3-5-20-16/h3*3-8,10,12H,9,11H2,1-2H3;2-9,12H,10-11H2,1H3. The van der Waals surface area contributed by atoms with E-state index < -0.39 is 0 Å². The van der Waals surface area contributed by atoms with E-state index in [1.165, 1.54) is 0 Å². The van der Waals surface area contributed by atoms with Crippen LogP contribution in [0.15, 0.2) is 222 Å². The van der Waals surface area contributed by atoms with Crippen molar-refractivity contribution in [2.75, 3.05) is 26.2 Å². The first-order chi connectivity index (χ1) is 48.0. The number of nitrogens with zero attached hydrogens (tertiary/aromatic N) is 16. The lowest BCUT2D eigenvalue weighted by Gasteiger charge is -2.08. The maximum Gasteiger partial charge on any atom is 0.172 e.